The molecule has 1 aliphatic rings. The van der Waals surface area contributed by atoms with E-state index in [1.807, 2.05) is 36.4 Å². The Balaban J connectivity index is 2.03. The van der Waals surface area contributed by atoms with Crippen molar-refractivity contribution in [1.82, 2.24) is 5.32 Å². The van der Waals surface area contributed by atoms with Gasteiger partial charge in [0, 0.05) is 23.9 Å². The number of methoxy groups -OCH3 is 4. The van der Waals surface area contributed by atoms with Crippen molar-refractivity contribution in [3.63, 3.8) is 0 Å². The molecule has 30 heavy (non-hydrogen) atoms. The number of hydrogen-bond donors (Lipinski definition) is 2. The molecule has 7 nitrogen and oxygen atoms in total. The highest BCUT2D eigenvalue weighted by Crippen LogP contribution is 2.42. The van der Waals surface area contributed by atoms with Gasteiger partial charge in [-0.15, -0.1) is 0 Å². The largest absolute Gasteiger partial charge is 0.493 e. The molecule has 0 saturated carbocycles. The molecule has 0 aliphatic carbocycles. The molecular formula is C23H30N2O5. The summed E-state index contributed by atoms with van der Waals surface area (Å²) in [5, 5.41) is 17.2. The number of rotatable bonds is 6. The summed E-state index contributed by atoms with van der Waals surface area (Å²) < 4.78 is 21.7. The fourth-order valence-electron chi connectivity index (χ4n) is 4.28. The average molecular weight is 415 g/mol. The first-order chi connectivity index (χ1) is 14.5. The minimum absolute atomic E-state index is 0.0144. The average Bonchev–Trinajstić information content (AvgIpc) is 2.78. The molecule has 1 aliphatic heterocycles. The Bertz CT molecular complexity index is 845. The summed E-state index contributed by atoms with van der Waals surface area (Å²) in [5.41, 5.74) is 2.80. The van der Waals surface area contributed by atoms with Crippen molar-refractivity contribution in [2.24, 2.45) is 17.0 Å². The molecule has 0 amide bonds. The second-order valence-electron chi connectivity index (χ2n) is 7.45. The first kappa shape index (κ1) is 21.8. The van der Waals surface area contributed by atoms with E-state index in [9.17, 15) is 5.21 Å². The predicted molar refractivity (Wildman–Crippen MR) is 115 cm³/mol. The molecule has 1 saturated heterocycles. The van der Waals surface area contributed by atoms with E-state index >= 15 is 0 Å². The van der Waals surface area contributed by atoms with Crippen LogP contribution in [0.3, 0.4) is 0 Å². The number of nitrogens with zero attached hydrogens (tertiary/aromatic N) is 1. The van der Waals surface area contributed by atoms with Gasteiger partial charge in [0.25, 0.3) is 0 Å². The van der Waals surface area contributed by atoms with E-state index in [1.54, 1.807) is 28.4 Å². The van der Waals surface area contributed by atoms with Crippen molar-refractivity contribution in [3.05, 3.63) is 47.5 Å². The Labute approximate surface area is 177 Å². The van der Waals surface area contributed by atoms with Crippen molar-refractivity contribution >= 4 is 5.71 Å². The summed E-state index contributed by atoms with van der Waals surface area (Å²) in [7, 11) is 6.47. The Hall–Kier alpha value is -2.93. The van der Waals surface area contributed by atoms with Crippen LogP contribution in [-0.4, -0.2) is 39.4 Å². The first-order valence-electron chi connectivity index (χ1n) is 9.90. The lowest BCUT2D eigenvalue weighted by Gasteiger charge is -2.41. The van der Waals surface area contributed by atoms with E-state index in [1.165, 1.54) is 0 Å². The fourth-order valence-corrected chi connectivity index (χ4v) is 4.28. The van der Waals surface area contributed by atoms with Crippen LogP contribution in [-0.2, 0) is 0 Å². The van der Waals surface area contributed by atoms with Crippen molar-refractivity contribution in [3.8, 4) is 23.0 Å². The van der Waals surface area contributed by atoms with Crippen LogP contribution in [0.2, 0.25) is 0 Å². The standard InChI is InChI=1S/C23H30N2O5/c1-13-21(25-26)14(2)23(16-8-10-18(28-4)20(12-16)30-6)24-22(13)15-7-9-17(27-3)19(11-15)29-5/h7-14,22-24,26H,1-6H3/t13-,14-,22-,23-/m0/s1. The second kappa shape index (κ2) is 9.26. The van der Waals surface area contributed by atoms with Gasteiger partial charge in [-0.25, -0.2) is 0 Å². The molecule has 7 heteroatoms. The maximum Gasteiger partial charge on any atom is 0.161 e. The van der Waals surface area contributed by atoms with Crippen LogP contribution in [0.5, 0.6) is 23.0 Å². The normalized spacial score (nSPS) is 23.6. The van der Waals surface area contributed by atoms with Gasteiger partial charge in [0.05, 0.1) is 34.2 Å². The molecule has 0 radical (unpaired) electrons. The number of ether oxygens (including phenoxy) is 4. The summed E-state index contributed by atoms with van der Waals surface area (Å²) in [4.78, 5) is 0. The second-order valence-corrected chi connectivity index (χ2v) is 7.45. The third-order valence-electron chi connectivity index (χ3n) is 5.94. The number of oxime groups is 1. The Morgan fingerprint density at radius 3 is 1.43 bits per heavy atom. The maximum atomic E-state index is 9.80. The van der Waals surface area contributed by atoms with Crippen LogP contribution in [0, 0.1) is 11.8 Å². The Morgan fingerprint density at radius 2 is 1.10 bits per heavy atom. The lowest BCUT2D eigenvalue weighted by Crippen LogP contribution is -2.46. The van der Waals surface area contributed by atoms with Crippen LogP contribution in [0.15, 0.2) is 41.6 Å². The number of nitrogens with one attached hydrogen (secondary N) is 1. The van der Waals surface area contributed by atoms with Crippen molar-refractivity contribution in [2.45, 2.75) is 25.9 Å². The minimum Gasteiger partial charge on any atom is -0.493 e. The predicted octanol–water partition coefficient (Wildman–Crippen LogP) is 4.21. The van der Waals surface area contributed by atoms with Crippen molar-refractivity contribution in [1.29, 1.82) is 0 Å². The lowest BCUT2D eigenvalue weighted by atomic mass is 9.75. The summed E-state index contributed by atoms with van der Waals surface area (Å²) in [6.45, 7) is 4.12. The van der Waals surface area contributed by atoms with Crippen molar-refractivity contribution < 1.29 is 24.2 Å². The van der Waals surface area contributed by atoms with Gasteiger partial charge in [-0.05, 0) is 35.4 Å². The molecule has 2 aromatic rings. The van der Waals surface area contributed by atoms with Crippen LogP contribution >= 0.6 is 0 Å². The van der Waals surface area contributed by atoms with Crippen LogP contribution in [0.1, 0.15) is 37.1 Å². The van der Waals surface area contributed by atoms with E-state index in [-0.39, 0.29) is 23.9 Å². The monoisotopic (exact) mass is 414 g/mol. The van der Waals surface area contributed by atoms with E-state index in [0.717, 1.165) is 16.8 Å². The third kappa shape index (κ3) is 3.89. The molecule has 0 aromatic heterocycles. The van der Waals surface area contributed by atoms with Gasteiger partial charge < -0.3 is 29.5 Å². The molecule has 0 bridgehead atoms. The van der Waals surface area contributed by atoms with Crippen LogP contribution < -0.4 is 24.3 Å². The first-order valence-corrected chi connectivity index (χ1v) is 9.90. The van der Waals surface area contributed by atoms with Gasteiger partial charge >= 0.3 is 0 Å². The van der Waals surface area contributed by atoms with E-state index in [0.29, 0.717) is 23.0 Å². The molecule has 1 fully saturated rings. The number of benzene rings is 2. The molecule has 4 atom stereocenters. The minimum atomic E-state index is -0.0787. The zero-order valence-electron chi connectivity index (χ0n) is 18.3. The van der Waals surface area contributed by atoms with Gasteiger partial charge in [-0.1, -0.05) is 31.1 Å². The highest BCUT2D eigenvalue weighted by Gasteiger charge is 2.39. The van der Waals surface area contributed by atoms with E-state index < -0.39 is 0 Å². The topological polar surface area (TPSA) is 81.5 Å². The van der Waals surface area contributed by atoms with Crippen LogP contribution in [0.25, 0.3) is 0 Å². The maximum absolute atomic E-state index is 9.80. The molecule has 162 valence electrons. The van der Waals surface area contributed by atoms with Gasteiger partial charge in [0.1, 0.15) is 0 Å². The molecule has 3 rings (SSSR count). The van der Waals surface area contributed by atoms with Gasteiger partial charge in [-0.3, -0.25) is 0 Å². The summed E-state index contributed by atoms with van der Waals surface area (Å²) in [6, 6.07) is 11.6. The van der Waals surface area contributed by atoms with Gasteiger partial charge in [0.2, 0.25) is 0 Å². The highest BCUT2D eigenvalue weighted by atomic mass is 16.5. The molecule has 2 aromatic carbocycles. The van der Waals surface area contributed by atoms with E-state index in [2.05, 4.69) is 24.3 Å². The highest BCUT2D eigenvalue weighted by molar-refractivity contribution is 5.90. The molecule has 1 heterocycles. The molecule has 0 spiro atoms. The van der Waals surface area contributed by atoms with Gasteiger partial charge in [-0.2, -0.15) is 0 Å². The van der Waals surface area contributed by atoms with Crippen molar-refractivity contribution in [2.75, 3.05) is 28.4 Å². The van der Waals surface area contributed by atoms with E-state index in [4.69, 9.17) is 18.9 Å². The number of piperidine rings is 1. The third-order valence-corrected chi connectivity index (χ3v) is 5.94. The zero-order valence-corrected chi connectivity index (χ0v) is 18.3. The van der Waals surface area contributed by atoms with Gasteiger partial charge in [0.15, 0.2) is 23.0 Å². The molecular weight excluding hydrogens is 384 g/mol. The Kier molecular flexibility index (Phi) is 6.72. The lowest BCUT2D eigenvalue weighted by molar-refractivity contribution is 0.270. The smallest absolute Gasteiger partial charge is 0.161 e. The SMILES string of the molecule is COc1ccc([C@H]2N[C@H](c3ccc(OC)c(OC)c3)[C@@H](C)C(=NO)[C@@H]2C)cc1OC. The zero-order chi connectivity index (χ0) is 21.8. The summed E-state index contributed by atoms with van der Waals surface area (Å²) >= 11 is 0. The van der Waals surface area contributed by atoms with Crippen LogP contribution in [0.4, 0.5) is 0 Å². The molecule has 2 N–H and O–H groups in total. The quantitative estimate of drug-likeness (QED) is 0.544. The summed E-state index contributed by atoms with van der Waals surface area (Å²) in [6.07, 6.45) is 0. The Morgan fingerprint density at radius 1 is 0.700 bits per heavy atom. The summed E-state index contributed by atoms with van der Waals surface area (Å²) in [5.74, 6) is 2.63. The fraction of sp³-hybridized carbons (Fsp3) is 0.435. The number of hydrogen-bond acceptors (Lipinski definition) is 7. The molecule has 0 unspecified atom stereocenters.